The largest absolute Gasteiger partial charge is 0.480 e. The van der Waals surface area contributed by atoms with Crippen molar-refractivity contribution in [2.24, 2.45) is 5.92 Å². The van der Waals surface area contributed by atoms with E-state index < -0.39 is 30.1 Å². The molecule has 34 heavy (non-hydrogen) atoms. The molecule has 0 radical (unpaired) electrons. The zero-order chi connectivity index (χ0) is 24.1. The summed E-state index contributed by atoms with van der Waals surface area (Å²) in [4.78, 5) is 36.6. The quantitative estimate of drug-likeness (QED) is 0.459. The van der Waals surface area contributed by atoms with Gasteiger partial charge in [-0.3, -0.25) is 4.79 Å². The average molecular weight is 463 g/mol. The number of rotatable bonds is 10. The third kappa shape index (κ3) is 5.14. The molecule has 0 heterocycles. The van der Waals surface area contributed by atoms with Gasteiger partial charge in [0.25, 0.3) is 0 Å². The van der Waals surface area contributed by atoms with Crippen LogP contribution >= 0.6 is 0 Å². The summed E-state index contributed by atoms with van der Waals surface area (Å²) in [5.74, 6) is -1.39. The minimum atomic E-state index is -1.11. The zero-order valence-corrected chi connectivity index (χ0v) is 19.0. The van der Waals surface area contributed by atoms with Crippen LogP contribution in [0.25, 0.3) is 11.1 Å². The Morgan fingerprint density at radius 3 is 2.18 bits per heavy atom. The van der Waals surface area contributed by atoms with Crippen molar-refractivity contribution in [2.45, 2.75) is 50.1 Å². The van der Waals surface area contributed by atoms with Gasteiger partial charge < -0.3 is 20.5 Å². The van der Waals surface area contributed by atoms with E-state index in [-0.39, 0.29) is 31.3 Å². The van der Waals surface area contributed by atoms with Crippen LogP contribution in [-0.4, -0.2) is 41.8 Å². The molecule has 0 saturated heterocycles. The van der Waals surface area contributed by atoms with Crippen molar-refractivity contribution in [1.82, 2.24) is 10.6 Å². The molecule has 178 valence electrons. The second-order valence-corrected chi connectivity index (χ2v) is 8.95. The molecule has 7 heteroatoms. The Kier molecular flexibility index (Phi) is 7.30. The van der Waals surface area contributed by atoms with Crippen LogP contribution in [0.3, 0.4) is 0 Å². The van der Waals surface area contributed by atoms with Crippen LogP contribution in [-0.2, 0) is 14.3 Å². The van der Waals surface area contributed by atoms with Gasteiger partial charge in [-0.25, -0.2) is 9.59 Å². The van der Waals surface area contributed by atoms with Crippen LogP contribution in [0.2, 0.25) is 0 Å². The summed E-state index contributed by atoms with van der Waals surface area (Å²) >= 11 is 0. The standard InChI is InChI=1S/C27H30N2O5/c1-2-8-23(26(31)32)28-25(30)15-24(17-9-7-10-17)29-27(33)34-16-22-20-13-5-3-11-18(20)19-12-4-6-14-21(19)22/h2-6,11-14,17,22-24H,1,7-10,15-16H2,(H,28,30)(H,29,33)(H,31,32). The fourth-order valence-electron chi connectivity index (χ4n) is 4.81. The van der Waals surface area contributed by atoms with E-state index in [1.807, 2.05) is 24.3 Å². The third-order valence-electron chi connectivity index (χ3n) is 6.81. The topological polar surface area (TPSA) is 105 Å². The highest BCUT2D eigenvalue weighted by atomic mass is 16.5. The molecule has 2 aliphatic carbocycles. The number of carboxylic acids is 1. The molecule has 2 amide bonds. The van der Waals surface area contributed by atoms with Crippen LogP contribution in [0.5, 0.6) is 0 Å². The Hall–Kier alpha value is -3.61. The van der Waals surface area contributed by atoms with E-state index in [9.17, 15) is 19.5 Å². The Balaban J connectivity index is 1.37. The number of nitrogens with one attached hydrogen (secondary N) is 2. The first kappa shape index (κ1) is 23.5. The lowest BCUT2D eigenvalue weighted by molar-refractivity contribution is -0.141. The minimum absolute atomic E-state index is 0.00971. The van der Waals surface area contributed by atoms with Gasteiger partial charge in [-0.1, -0.05) is 61.0 Å². The van der Waals surface area contributed by atoms with E-state index in [1.165, 1.54) is 6.08 Å². The first-order valence-electron chi connectivity index (χ1n) is 11.7. The van der Waals surface area contributed by atoms with Crippen molar-refractivity contribution in [1.29, 1.82) is 0 Å². The third-order valence-corrected chi connectivity index (χ3v) is 6.81. The van der Waals surface area contributed by atoms with Crippen molar-refractivity contribution in [2.75, 3.05) is 6.61 Å². The molecule has 3 N–H and O–H groups in total. The number of alkyl carbamates (subject to hydrolysis) is 1. The van der Waals surface area contributed by atoms with Crippen molar-refractivity contribution < 1.29 is 24.2 Å². The number of aliphatic carboxylic acids is 1. The van der Waals surface area contributed by atoms with Gasteiger partial charge in [-0.05, 0) is 47.4 Å². The molecule has 7 nitrogen and oxygen atoms in total. The summed E-state index contributed by atoms with van der Waals surface area (Å²) in [6.07, 6.45) is 3.91. The van der Waals surface area contributed by atoms with Crippen LogP contribution in [0.15, 0.2) is 61.2 Å². The first-order chi connectivity index (χ1) is 16.5. The molecule has 4 rings (SSSR count). The number of carbonyl (C=O) groups is 3. The van der Waals surface area contributed by atoms with Crippen molar-refractivity contribution in [3.63, 3.8) is 0 Å². The number of fused-ring (bicyclic) bond motifs is 3. The maximum atomic E-state index is 12.7. The number of amides is 2. The summed E-state index contributed by atoms with van der Waals surface area (Å²) in [5, 5.41) is 14.6. The molecular formula is C27H30N2O5. The summed E-state index contributed by atoms with van der Waals surface area (Å²) in [6.45, 7) is 3.73. The Bertz CT molecular complexity index is 1030. The van der Waals surface area contributed by atoms with Crippen LogP contribution in [0.4, 0.5) is 4.79 Å². The highest BCUT2D eigenvalue weighted by molar-refractivity contribution is 5.84. The van der Waals surface area contributed by atoms with Crippen LogP contribution < -0.4 is 10.6 Å². The fraction of sp³-hybridized carbons (Fsp3) is 0.370. The summed E-state index contributed by atoms with van der Waals surface area (Å²) in [7, 11) is 0. The van der Waals surface area contributed by atoms with E-state index in [1.54, 1.807) is 0 Å². The second kappa shape index (κ2) is 10.5. The number of carbonyl (C=O) groups excluding carboxylic acids is 2. The predicted molar refractivity (Wildman–Crippen MR) is 128 cm³/mol. The minimum Gasteiger partial charge on any atom is -0.480 e. The molecule has 2 atom stereocenters. The predicted octanol–water partition coefficient (Wildman–Crippen LogP) is 4.23. The highest BCUT2D eigenvalue weighted by Crippen LogP contribution is 2.44. The van der Waals surface area contributed by atoms with Crippen LogP contribution in [0, 0.1) is 5.92 Å². The first-order valence-corrected chi connectivity index (χ1v) is 11.7. The lowest BCUT2D eigenvalue weighted by Gasteiger charge is -2.34. The second-order valence-electron chi connectivity index (χ2n) is 8.95. The molecule has 0 aromatic heterocycles. The van der Waals surface area contributed by atoms with Gasteiger partial charge in [0.15, 0.2) is 0 Å². The Morgan fingerprint density at radius 2 is 1.65 bits per heavy atom. The van der Waals surface area contributed by atoms with Gasteiger partial charge in [0.05, 0.1) is 0 Å². The molecule has 1 saturated carbocycles. The van der Waals surface area contributed by atoms with Gasteiger partial charge >= 0.3 is 12.1 Å². The SMILES string of the molecule is C=CCC(NC(=O)CC(NC(=O)OCC1c2ccccc2-c2ccccc21)C1CCC1)C(=O)O. The number of carboxylic acid groups (broad SMARTS) is 1. The molecule has 0 bridgehead atoms. The molecule has 0 aliphatic heterocycles. The number of hydrogen-bond donors (Lipinski definition) is 3. The van der Waals surface area contributed by atoms with Gasteiger partial charge in [-0.2, -0.15) is 0 Å². The van der Waals surface area contributed by atoms with Gasteiger partial charge in [0.2, 0.25) is 5.91 Å². The average Bonchev–Trinajstić information content (AvgIpc) is 3.10. The monoisotopic (exact) mass is 462 g/mol. The van der Waals surface area contributed by atoms with E-state index in [0.29, 0.717) is 0 Å². The highest BCUT2D eigenvalue weighted by Gasteiger charge is 2.33. The molecule has 0 spiro atoms. The van der Waals surface area contributed by atoms with Gasteiger partial charge in [-0.15, -0.1) is 6.58 Å². The van der Waals surface area contributed by atoms with E-state index in [0.717, 1.165) is 41.5 Å². The maximum absolute atomic E-state index is 12.7. The van der Waals surface area contributed by atoms with Crippen LogP contribution in [0.1, 0.15) is 49.1 Å². The van der Waals surface area contributed by atoms with E-state index in [2.05, 4.69) is 41.5 Å². The number of benzene rings is 2. The van der Waals surface area contributed by atoms with E-state index in [4.69, 9.17) is 4.74 Å². The van der Waals surface area contributed by atoms with Gasteiger partial charge in [0.1, 0.15) is 12.6 Å². The summed E-state index contributed by atoms with van der Waals surface area (Å²) < 4.78 is 5.64. The van der Waals surface area contributed by atoms with Crippen molar-refractivity contribution in [3.05, 3.63) is 72.3 Å². The fourth-order valence-corrected chi connectivity index (χ4v) is 4.81. The summed E-state index contributed by atoms with van der Waals surface area (Å²) in [6, 6.07) is 14.8. The molecule has 2 aromatic carbocycles. The summed E-state index contributed by atoms with van der Waals surface area (Å²) in [5.41, 5.74) is 4.58. The number of ether oxygens (including phenoxy) is 1. The molecular weight excluding hydrogens is 432 g/mol. The lowest BCUT2D eigenvalue weighted by Crippen LogP contribution is -2.48. The molecule has 1 fully saturated rings. The smallest absolute Gasteiger partial charge is 0.407 e. The number of hydrogen-bond acceptors (Lipinski definition) is 4. The van der Waals surface area contributed by atoms with Gasteiger partial charge in [0, 0.05) is 18.4 Å². The maximum Gasteiger partial charge on any atom is 0.407 e. The molecule has 2 unspecified atom stereocenters. The Labute approximate surface area is 199 Å². The lowest BCUT2D eigenvalue weighted by atomic mass is 9.78. The van der Waals surface area contributed by atoms with Crippen molar-refractivity contribution >= 4 is 18.0 Å². The molecule has 2 aliphatic rings. The molecule has 2 aromatic rings. The normalized spacial score (nSPS) is 16.4. The Morgan fingerprint density at radius 1 is 1.03 bits per heavy atom. The zero-order valence-electron chi connectivity index (χ0n) is 19.0. The van der Waals surface area contributed by atoms with E-state index >= 15 is 0 Å². The van der Waals surface area contributed by atoms with Crippen molar-refractivity contribution in [3.8, 4) is 11.1 Å².